The summed E-state index contributed by atoms with van der Waals surface area (Å²) in [6, 6.07) is 5.43. The van der Waals surface area contributed by atoms with Gasteiger partial charge in [0.15, 0.2) is 0 Å². The number of amidine groups is 1. The van der Waals surface area contributed by atoms with Gasteiger partial charge in [-0.3, -0.25) is 9.38 Å². The second kappa shape index (κ2) is 11.2. The summed E-state index contributed by atoms with van der Waals surface area (Å²) < 4.78 is 9.50. The van der Waals surface area contributed by atoms with Crippen molar-refractivity contribution >= 4 is 5.84 Å². The van der Waals surface area contributed by atoms with E-state index in [-0.39, 0.29) is 5.75 Å². The summed E-state index contributed by atoms with van der Waals surface area (Å²) in [7, 11) is 0.500. The van der Waals surface area contributed by atoms with Crippen molar-refractivity contribution in [1.29, 1.82) is 0 Å². The molecule has 0 spiro atoms. The second-order valence-electron chi connectivity index (χ2n) is 4.95. The van der Waals surface area contributed by atoms with Gasteiger partial charge in [-0.2, -0.15) is 0 Å². The lowest BCUT2D eigenvalue weighted by atomic mass is 10.1. The number of hydrogen-bond acceptors (Lipinski definition) is 2. The molecule has 0 unspecified atom stereocenters. The number of alkyl halides is 1. The number of nitrogens with zero attached hydrogens (tertiary/aromatic N) is 1. The van der Waals surface area contributed by atoms with Crippen LogP contribution in [-0.2, 0) is 6.42 Å². The summed E-state index contributed by atoms with van der Waals surface area (Å²) in [6.07, 6.45) is 6.79. The van der Waals surface area contributed by atoms with E-state index in [4.69, 9.17) is 5.73 Å². The summed E-state index contributed by atoms with van der Waals surface area (Å²) in [5.74, 6) is 0.513. The molecule has 0 aliphatic heterocycles. The van der Waals surface area contributed by atoms with Gasteiger partial charge in [0.1, 0.15) is 11.6 Å². The third kappa shape index (κ3) is 7.45. The van der Waals surface area contributed by atoms with Gasteiger partial charge in [-0.25, -0.2) is 0 Å². The third-order valence-corrected chi connectivity index (χ3v) is 3.13. The molecule has 3 N–H and O–H groups in total. The minimum absolute atomic E-state index is 0.160. The first-order valence-corrected chi connectivity index (χ1v) is 7.46. The van der Waals surface area contributed by atoms with E-state index < -0.39 is 0 Å². The van der Waals surface area contributed by atoms with Crippen molar-refractivity contribution in [3.63, 3.8) is 0 Å². The minimum atomic E-state index is 0.160. The molecule has 1 rings (SSSR count). The summed E-state index contributed by atoms with van der Waals surface area (Å²) in [6.45, 7) is 10.3. The number of hydrogen-bond donors (Lipinski definition) is 2. The first kappa shape index (κ1) is 20.6. The van der Waals surface area contributed by atoms with Crippen LogP contribution in [0.1, 0.15) is 31.9 Å². The van der Waals surface area contributed by atoms with E-state index in [1.807, 2.05) is 44.2 Å². The van der Waals surface area contributed by atoms with Crippen molar-refractivity contribution in [2.24, 2.45) is 10.7 Å². The van der Waals surface area contributed by atoms with Crippen LogP contribution in [0.15, 0.2) is 59.1 Å². The van der Waals surface area contributed by atoms with Gasteiger partial charge in [0.2, 0.25) is 0 Å². The van der Waals surface area contributed by atoms with E-state index in [2.05, 4.69) is 18.5 Å². The van der Waals surface area contributed by atoms with Crippen LogP contribution >= 0.6 is 0 Å². The van der Waals surface area contributed by atoms with Crippen molar-refractivity contribution < 1.29 is 9.50 Å². The van der Waals surface area contributed by atoms with Crippen LogP contribution in [0.5, 0.6) is 5.75 Å². The zero-order valence-corrected chi connectivity index (χ0v) is 14.4. The van der Waals surface area contributed by atoms with Gasteiger partial charge in [-0.15, -0.1) is 0 Å². The normalized spacial score (nSPS) is 12.0. The van der Waals surface area contributed by atoms with Gasteiger partial charge in [0, 0.05) is 0 Å². The lowest BCUT2D eigenvalue weighted by Crippen LogP contribution is -2.15. The fraction of sp³-hybridized carbons (Fsp3) is 0.316. The summed E-state index contributed by atoms with van der Waals surface area (Å²) in [5, 5.41) is 9.90. The highest BCUT2D eigenvalue weighted by atomic mass is 19.1. The molecule has 4 heteroatoms. The molecule has 0 bridgehead atoms. The first-order valence-electron chi connectivity index (χ1n) is 7.46. The lowest BCUT2D eigenvalue weighted by Gasteiger charge is -2.07. The average molecular weight is 318 g/mol. The molecule has 0 fully saturated rings. The molecular formula is C19H27FN2O. The molecule has 0 atom stereocenters. The zero-order chi connectivity index (χ0) is 17.8. The van der Waals surface area contributed by atoms with Gasteiger partial charge < -0.3 is 10.8 Å². The molecule has 1 aromatic carbocycles. The summed E-state index contributed by atoms with van der Waals surface area (Å²) >= 11 is 0. The Morgan fingerprint density at radius 1 is 1.35 bits per heavy atom. The number of aliphatic imine (C=N–C) groups is 1. The highest BCUT2D eigenvalue weighted by Crippen LogP contribution is 2.18. The van der Waals surface area contributed by atoms with Crippen LogP contribution in [0.4, 0.5) is 4.39 Å². The highest BCUT2D eigenvalue weighted by Gasteiger charge is 2.06. The van der Waals surface area contributed by atoms with Gasteiger partial charge in [0.05, 0.1) is 19.3 Å². The largest absolute Gasteiger partial charge is 0.507 e. The molecular weight excluding hydrogens is 291 g/mol. The van der Waals surface area contributed by atoms with Gasteiger partial charge in [0.25, 0.3) is 0 Å². The number of phenolic OH excluding ortho intramolecular Hbond substituents is 1. The highest BCUT2D eigenvalue weighted by molar-refractivity contribution is 6.00. The Bertz CT molecular complexity index is 601. The first-order chi connectivity index (χ1) is 11.0. The Balaban J connectivity index is 0.00000232. The molecule has 0 radical (unpaired) electrons. The molecule has 23 heavy (non-hydrogen) atoms. The lowest BCUT2D eigenvalue weighted by molar-refractivity contribution is 0.474. The zero-order valence-electron chi connectivity index (χ0n) is 14.4. The van der Waals surface area contributed by atoms with Crippen LogP contribution in [0.25, 0.3) is 0 Å². The average Bonchev–Trinajstić information content (AvgIpc) is 2.56. The predicted octanol–water partition coefficient (Wildman–Crippen LogP) is 4.32. The molecule has 0 saturated heterocycles. The van der Waals surface area contributed by atoms with Crippen LogP contribution in [-0.4, -0.2) is 24.7 Å². The van der Waals surface area contributed by atoms with Crippen molar-refractivity contribution in [3.05, 3.63) is 65.3 Å². The van der Waals surface area contributed by atoms with Crippen LogP contribution < -0.4 is 5.73 Å². The molecule has 3 nitrogen and oxygen atoms in total. The van der Waals surface area contributed by atoms with Crippen LogP contribution in [0.3, 0.4) is 0 Å². The fourth-order valence-electron chi connectivity index (χ4n) is 1.76. The van der Waals surface area contributed by atoms with E-state index in [1.165, 1.54) is 0 Å². The number of phenols is 1. The van der Waals surface area contributed by atoms with Crippen LogP contribution in [0, 0.1) is 0 Å². The third-order valence-electron chi connectivity index (χ3n) is 3.13. The topological polar surface area (TPSA) is 58.6 Å². The molecule has 1 aromatic rings. The maximum atomic E-state index is 9.90. The Hall–Kier alpha value is -2.36. The smallest absolute Gasteiger partial charge is 0.129 e. The minimum Gasteiger partial charge on any atom is -0.507 e. The second-order valence-corrected chi connectivity index (χ2v) is 4.95. The number of allylic oxidation sites excluding steroid dienone is 3. The number of nitrogens with two attached hydrogens (primary N) is 1. The quantitative estimate of drug-likeness (QED) is 0.466. The number of halogens is 1. The SMILES string of the molecule is C=C(C)/C=C\C(=C/C)CN=C(N)c1cc(CC)ccc1O.CF. The monoisotopic (exact) mass is 318 g/mol. The number of aromatic hydroxyl groups is 1. The number of rotatable bonds is 6. The maximum absolute atomic E-state index is 9.90. The molecule has 0 amide bonds. The predicted molar refractivity (Wildman–Crippen MR) is 97.8 cm³/mol. The maximum Gasteiger partial charge on any atom is 0.129 e. The number of benzene rings is 1. The van der Waals surface area contributed by atoms with Crippen molar-refractivity contribution in [3.8, 4) is 5.75 Å². The fourth-order valence-corrected chi connectivity index (χ4v) is 1.76. The van der Waals surface area contributed by atoms with Crippen molar-refractivity contribution in [2.45, 2.75) is 27.2 Å². The standard InChI is InChI=1S/C18H24N2O.CH3F/c1-5-14-9-10-17(21)16(11-14)18(19)20-12-15(6-2)8-7-13(3)4;1-2/h6-11,21H,3,5,12H2,1-2,4H3,(H2,19,20);1H3/b8-7-,15-6+;. The number of aryl methyl sites for hydroxylation is 1. The van der Waals surface area contributed by atoms with Crippen LogP contribution in [0.2, 0.25) is 0 Å². The van der Waals surface area contributed by atoms with E-state index >= 15 is 0 Å². The van der Waals surface area contributed by atoms with E-state index in [1.54, 1.807) is 6.07 Å². The van der Waals surface area contributed by atoms with E-state index in [9.17, 15) is 9.50 Å². The Labute approximate surface area is 138 Å². The Morgan fingerprint density at radius 3 is 2.52 bits per heavy atom. The van der Waals surface area contributed by atoms with Crippen molar-refractivity contribution in [2.75, 3.05) is 13.7 Å². The molecule has 0 saturated carbocycles. The summed E-state index contributed by atoms with van der Waals surface area (Å²) in [5.41, 5.74) is 9.74. The van der Waals surface area contributed by atoms with Gasteiger partial charge >= 0.3 is 0 Å². The Morgan fingerprint density at radius 2 is 2.00 bits per heavy atom. The Kier molecular flexibility index (Phi) is 10.1. The molecule has 126 valence electrons. The molecule has 0 aromatic heterocycles. The molecule has 0 aliphatic carbocycles. The van der Waals surface area contributed by atoms with Crippen molar-refractivity contribution in [1.82, 2.24) is 0 Å². The molecule has 0 aliphatic rings. The molecule has 0 heterocycles. The van der Waals surface area contributed by atoms with E-state index in [0.29, 0.717) is 25.1 Å². The van der Waals surface area contributed by atoms with E-state index in [0.717, 1.165) is 23.1 Å². The van der Waals surface area contributed by atoms with Gasteiger partial charge in [-0.05, 0) is 43.5 Å². The van der Waals surface area contributed by atoms with Gasteiger partial charge in [-0.1, -0.05) is 43.4 Å². The summed E-state index contributed by atoms with van der Waals surface area (Å²) in [4.78, 5) is 4.36.